The van der Waals surface area contributed by atoms with Crippen molar-refractivity contribution in [2.24, 2.45) is 0 Å². The van der Waals surface area contributed by atoms with Gasteiger partial charge in [-0.1, -0.05) is 41.5 Å². The van der Waals surface area contributed by atoms with Gasteiger partial charge >= 0.3 is 5.97 Å². The van der Waals surface area contributed by atoms with E-state index in [0.29, 0.717) is 13.0 Å². The zero-order valence-corrected chi connectivity index (χ0v) is 21.4. The maximum absolute atomic E-state index is 11.4. The minimum Gasteiger partial charge on any atom is -0.436 e. The lowest BCUT2D eigenvalue weighted by molar-refractivity contribution is -0.173. The van der Waals surface area contributed by atoms with Crippen LogP contribution in [0.5, 0.6) is 0 Å². The Morgan fingerprint density at radius 1 is 1.00 bits per heavy atom. The van der Waals surface area contributed by atoms with E-state index in [9.17, 15) is 4.79 Å². The summed E-state index contributed by atoms with van der Waals surface area (Å²) in [7, 11) is -3.73. The van der Waals surface area contributed by atoms with Gasteiger partial charge in [0, 0.05) is 20.0 Å². The molecule has 5 nitrogen and oxygen atoms in total. The number of rotatable bonds is 7. The van der Waals surface area contributed by atoms with E-state index in [1.165, 1.54) is 6.92 Å². The lowest BCUT2D eigenvalue weighted by atomic mass is 10.1. The lowest BCUT2D eigenvalue weighted by Gasteiger charge is -2.39. The summed E-state index contributed by atoms with van der Waals surface area (Å²) >= 11 is 0. The van der Waals surface area contributed by atoms with Crippen molar-refractivity contribution >= 4 is 22.6 Å². The fourth-order valence-electron chi connectivity index (χ4n) is 2.52. The largest absolute Gasteiger partial charge is 0.436 e. The van der Waals surface area contributed by atoms with E-state index in [2.05, 4.69) is 67.7 Å². The van der Waals surface area contributed by atoms with Crippen LogP contribution in [0.4, 0.5) is 0 Å². The number of carbonyl (C=O) groups is 1. The SMILES string of the molecule is CC(=O)OC1C[C@H](O[Si](C)(C)C(C)(C)C)[C@@H](CCO[Si](C)(C)C(C)(C)C)O1. The topological polar surface area (TPSA) is 54.0 Å². The quantitative estimate of drug-likeness (QED) is 0.405. The zero-order valence-electron chi connectivity index (χ0n) is 19.4. The Hall–Kier alpha value is -0.216. The van der Waals surface area contributed by atoms with Crippen LogP contribution in [0, 0.1) is 0 Å². The average Bonchev–Trinajstić information content (AvgIpc) is 2.76. The maximum atomic E-state index is 11.4. The van der Waals surface area contributed by atoms with E-state index in [1.807, 2.05) is 0 Å². The number of esters is 1. The Kier molecular flexibility index (Phi) is 7.95. The number of hydrogen-bond donors (Lipinski definition) is 0. The summed E-state index contributed by atoms with van der Waals surface area (Å²) in [5.74, 6) is -0.316. The van der Waals surface area contributed by atoms with Crippen LogP contribution in [-0.4, -0.2) is 47.7 Å². The van der Waals surface area contributed by atoms with Gasteiger partial charge in [-0.25, -0.2) is 0 Å². The molecule has 27 heavy (non-hydrogen) atoms. The molecule has 0 N–H and O–H groups in total. The van der Waals surface area contributed by atoms with Crippen LogP contribution in [0.1, 0.15) is 61.3 Å². The van der Waals surface area contributed by atoms with Crippen molar-refractivity contribution in [3.05, 3.63) is 0 Å². The summed E-state index contributed by atoms with van der Waals surface area (Å²) in [5.41, 5.74) is 0. The number of carbonyl (C=O) groups excluding carboxylic acids is 1. The molecule has 1 saturated heterocycles. The third-order valence-electron chi connectivity index (χ3n) is 6.39. The summed E-state index contributed by atoms with van der Waals surface area (Å²) < 4.78 is 24.3. The first kappa shape index (κ1) is 24.8. The normalized spacial score (nSPS) is 24.9. The van der Waals surface area contributed by atoms with Gasteiger partial charge in [0.25, 0.3) is 0 Å². The van der Waals surface area contributed by atoms with Gasteiger partial charge < -0.3 is 18.3 Å². The first-order valence-corrected chi connectivity index (χ1v) is 15.9. The van der Waals surface area contributed by atoms with Crippen molar-refractivity contribution in [1.29, 1.82) is 0 Å². The molecule has 0 radical (unpaired) electrons. The summed E-state index contributed by atoms with van der Waals surface area (Å²) in [4.78, 5) is 11.4. The molecule has 1 rings (SSSR count). The van der Waals surface area contributed by atoms with Crippen molar-refractivity contribution in [2.75, 3.05) is 6.61 Å². The molecule has 3 atom stereocenters. The Morgan fingerprint density at radius 2 is 1.52 bits per heavy atom. The number of hydrogen-bond acceptors (Lipinski definition) is 5. The predicted molar refractivity (Wildman–Crippen MR) is 115 cm³/mol. The Bertz CT molecular complexity index is 505. The van der Waals surface area contributed by atoms with E-state index in [4.69, 9.17) is 18.3 Å². The molecule has 0 aromatic carbocycles. The second-order valence-corrected chi connectivity index (χ2v) is 20.3. The molecule has 0 aliphatic carbocycles. The van der Waals surface area contributed by atoms with Crippen LogP contribution in [0.25, 0.3) is 0 Å². The molecule has 1 aliphatic rings. The van der Waals surface area contributed by atoms with Gasteiger partial charge in [0.05, 0.1) is 12.2 Å². The highest BCUT2D eigenvalue weighted by molar-refractivity contribution is 6.74. The van der Waals surface area contributed by atoms with Crippen molar-refractivity contribution in [3.8, 4) is 0 Å². The average molecular weight is 419 g/mol. The standard InChI is InChI=1S/C20H42O5Si2/c1-15(21)23-18-14-17(25-27(10,11)20(5,6)7)16(24-18)12-13-22-26(8,9)19(2,3)4/h16-18H,12-14H2,1-11H3/t16-,17+,18?/m1/s1. The molecule has 0 saturated carbocycles. The summed E-state index contributed by atoms with van der Waals surface area (Å²) in [6.45, 7) is 24.5. The Labute approximate surface area is 168 Å². The smallest absolute Gasteiger partial charge is 0.304 e. The van der Waals surface area contributed by atoms with Gasteiger partial charge in [-0.3, -0.25) is 4.79 Å². The van der Waals surface area contributed by atoms with Gasteiger partial charge in [0.15, 0.2) is 16.6 Å². The van der Waals surface area contributed by atoms with Gasteiger partial charge in [0.2, 0.25) is 6.29 Å². The van der Waals surface area contributed by atoms with Crippen LogP contribution in [0.3, 0.4) is 0 Å². The van der Waals surface area contributed by atoms with Crippen LogP contribution < -0.4 is 0 Å². The van der Waals surface area contributed by atoms with Gasteiger partial charge in [-0.05, 0) is 42.7 Å². The van der Waals surface area contributed by atoms with Crippen LogP contribution in [0.2, 0.25) is 36.3 Å². The highest BCUT2D eigenvalue weighted by Gasteiger charge is 2.45. The molecule has 0 aromatic rings. The summed E-state index contributed by atoms with van der Waals surface area (Å²) in [6, 6.07) is 0. The lowest BCUT2D eigenvalue weighted by Crippen LogP contribution is -2.46. The highest BCUT2D eigenvalue weighted by atomic mass is 28.4. The number of ether oxygens (including phenoxy) is 2. The van der Waals surface area contributed by atoms with E-state index in [0.717, 1.165) is 6.42 Å². The fraction of sp³-hybridized carbons (Fsp3) is 0.950. The first-order chi connectivity index (χ1) is 12.0. The third kappa shape index (κ3) is 6.96. The minimum atomic E-state index is -1.94. The van der Waals surface area contributed by atoms with Crippen LogP contribution >= 0.6 is 0 Å². The molecule has 0 aromatic heterocycles. The molecular weight excluding hydrogens is 376 g/mol. The van der Waals surface area contributed by atoms with Crippen LogP contribution in [-0.2, 0) is 23.1 Å². The molecule has 1 fully saturated rings. The Morgan fingerprint density at radius 3 is 1.96 bits per heavy atom. The molecule has 1 heterocycles. The molecule has 1 aliphatic heterocycles. The predicted octanol–water partition coefficient (Wildman–Crippen LogP) is 5.47. The summed E-state index contributed by atoms with van der Waals surface area (Å²) in [6.07, 6.45) is 0.669. The van der Waals surface area contributed by atoms with Gasteiger partial charge in [-0.15, -0.1) is 0 Å². The highest BCUT2D eigenvalue weighted by Crippen LogP contribution is 2.41. The van der Waals surface area contributed by atoms with E-state index in [-0.39, 0.29) is 28.3 Å². The van der Waals surface area contributed by atoms with Crippen molar-refractivity contribution in [2.45, 2.75) is 116 Å². The van der Waals surface area contributed by atoms with E-state index in [1.54, 1.807) is 0 Å². The summed E-state index contributed by atoms with van der Waals surface area (Å²) in [5, 5.41) is 0.301. The third-order valence-corrected chi connectivity index (χ3v) is 15.4. The van der Waals surface area contributed by atoms with Crippen molar-refractivity contribution < 1.29 is 23.1 Å². The maximum Gasteiger partial charge on any atom is 0.304 e. The second-order valence-electron chi connectivity index (χ2n) is 10.8. The molecule has 0 bridgehead atoms. The zero-order chi connectivity index (χ0) is 21.3. The minimum absolute atomic E-state index is 0.0572. The van der Waals surface area contributed by atoms with Gasteiger partial charge in [0.1, 0.15) is 0 Å². The van der Waals surface area contributed by atoms with Gasteiger partial charge in [-0.2, -0.15) is 0 Å². The second kappa shape index (κ2) is 8.65. The molecule has 0 spiro atoms. The Balaban J connectivity index is 2.78. The molecule has 1 unspecified atom stereocenters. The van der Waals surface area contributed by atoms with E-state index >= 15 is 0 Å². The first-order valence-electron chi connectivity index (χ1n) is 10.1. The fourth-order valence-corrected chi connectivity index (χ4v) is 4.94. The molecule has 7 heteroatoms. The molecule has 160 valence electrons. The van der Waals surface area contributed by atoms with Crippen molar-refractivity contribution in [3.63, 3.8) is 0 Å². The molecular formula is C20H42O5Si2. The monoisotopic (exact) mass is 418 g/mol. The van der Waals surface area contributed by atoms with Crippen LogP contribution in [0.15, 0.2) is 0 Å². The van der Waals surface area contributed by atoms with E-state index < -0.39 is 22.9 Å². The van der Waals surface area contributed by atoms with Crippen molar-refractivity contribution in [1.82, 2.24) is 0 Å². The molecule has 0 amide bonds.